The van der Waals surface area contributed by atoms with Crippen molar-refractivity contribution in [1.82, 2.24) is 0 Å². The molecule has 109 heavy (non-hydrogen) atoms. The first-order chi connectivity index (χ1) is 52.6. The molecular weight excluding hydrogens is 1400 g/mol. The number of ether oxygens (including phenoxy) is 2. The summed E-state index contributed by atoms with van der Waals surface area (Å²) in [6, 6.07) is 76.4. The van der Waals surface area contributed by atoms with Crippen LogP contribution in [-0.2, 0) is 12.4 Å². The van der Waals surface area contributed by atoms with Gasteiger partial charge in [-0.25, -0.2) is 0 Å². The lowest BCUT2D eigenvalue weighted by Crippen LogP contribution is -2.15. The van der Waals surface area contributed by atoms with E-state index in [0.29, 0.717) is 117 Å². The van der Waals surface area contributed by atoms with Crippen LogP contribution in [-0.4, -0.2) is 13.2 Å². The maximum Gasteiger partial charge on any atom is 0.417 e. The molecule has 0 atom stereocenters. The molecule has 0 N–H and O–H groups in total. The second-order valence-electron chi connectivity index (χ2n) is 26.4. The molecule has 0 bridgehead atoms. The number of hydrogen-bond acceptors (Lipinski definition) is 12. The zero-order valence-corrected chi connectivity index (χ0v) is 57.5. The van der Waals surface area contributed by atoms with Gasteiger partial charge in [-0.15, -0.1) is 0 Å². The Morgan fingerprint density at radius 1 is 0.239 bits per heavy atom. The molecule has 12 nitrogen and oxygen atoms in total. The highest BCUT2D eigenvalue weighted by Crippen LogP contribution is 2.41. The molecule has 5 aromatic heterocycles. The summed E-state index contributed by atoms with van der Waals surface area (Å²) in [6.07, 6.45) is -8.95. The highest BCUT2D eigenvalue weighted by molar-refractivity contribution is 6.06. The maximum atomic E-state index is 13.2. The van der Waals surface area contributed by atoms with Crippen LogP contribution in [0.2, 0.25) is 0 Å². The van der Waals surface area contributed by atoms with Gasteiger partial charge in [-0.2, -0.15) is 26.3 Å². The molecule has 0 fully saturated rings. The largest absolute Gasteiger partial charge is 0.486 e. The van der Waals surface area contributed by atoms with E-state index in [1.807, 2.05) is 110 Å². The summed E-state index contributed by atoms with van der Waals surface area (Å²) >= 11 is 0. The Hall–Kier alpha value is -13.9. The van der Waals surface area contributed by atoms with Crippen LogP contribution in [0.4, 0.5) is 26.3 Å². The lowest BCUT2D eigenvalue weighted by atomic mass is 10.0. The van der Waals surface area contributed by atoms with E-state index in [1.165, 1.54) is 47.5 Å². The summed E-state index contributed by atoms with van der Waals surface area (Å²) in [4.78, 5) is 62.9. The molecule has 1 aliphatic rings. The minimum Gasteiger partial charge on any atom is -0.486 e. The average Bonchev–Trinajstić information content (AvgIpc) is 0.767. The standard InChI is InChI=1S/C19H12O4.2C18H9F3O2.2C18H12O2/c20-18-12-3-1-2-4-15(12)23-17-10-13-11(9-14(17)18)5-6-16-19(13)22-8-7-21-16;19-18(20,21)14-6-3-4-10-8-16-13(9-12(10)14)17(22)11-5-1-2-7-15(11)23-16;19-18(20,21)14-6-3-4-10-8-13-16(9-12(10)14)23-15-7-2-1-5-11(15)17(13)22;1-11-6-7-12-10-17-15(9-13(12)8-11)18(19)14-4-2-3-5-16(14)20-17;1-11-6-7-12-9-15-17(10-13(12)8-11)20-16-5-3-2-4-14(16)18(15)19/h1-6,9-10H,7-8H2;2*1-9H;2*2-10H,1H3. The SMILES string of the molecule is Cc1ccc2cc3c(=O)c4ccccc4oc3cc2c1.Cc1ccc2cc3oc4ccccc4c(=O)c3cc2c1.O=c1c2ccccc2oc2cc3c(C(F)(F)F)cccc3cc12.O=c1c2ccccc2oc2cc3c4c(ccc3cc12)OCCO4.O=c1c2ccccc2oc2cc3cccc(C(F)(F)F)c3cc12. The quantitative estimate of drug-likeness (QED) is 0.104. The summed E-state index contributed by atoms with van der Waals surface area (Å²) in [7, 11) is 0. The van der Waals surface area contributed by atoms with Crippen molar-refractivity contribution in [1.29, 1.82) is 0 Å². The molecule has 1 aliphatic heterocycles. The minimum atomic E-state index is -4.48. The van der Waals surface area contributed by atoms with Crippen LogP contribution in [0.3, 0.4) is 0 Å². The summed E-state index contributed by atoms with van der Waals surface area (Å²) in [5.41, 5.74) is 5.25. The fourth-order valence-corrected chi connectivity index (χ4v) is 14.1. The van der Waals surface area contributed by atoms with Crippen molar-refractivity contribution >= 4 is 164 Å². The molecule has 0 spiro atoms. The first-order valence-electron chi connectivity index (χ1n) is 34.5. The summed E-state index contributed by atoms with van der Waals surface area (Å²) in [5.74, 6) is 1.44. The number of alkyl halides is 6. The van der Waals surface area contributed by atoms with Gasteiger partial charge in [0.15, 0.2) is 11.5 Å². The molecule has 18 heteroatoms. The van der Waals surface area contributed by atoms with Gasteiger partial charge < -0.3 is 31.6 Å². The van der Waals surface area contributed by atoms with Gasteiger partial charge in [0.25, 0.3) is 0 Å². The van der Waals surface area contributed by atoms with Crippen LogP contribution in [0.15, 0.2) is 313 Å². The smallest absolute Gasteiger partial charge is 0.417 e. The first-order valence-corrected chi connectivity index (χ1v) is 34.5. The fourth-order valence-electron chi connectivity index (χ4n) is 14.1. The van der Waals surface area contributed by atoms with Crippen LogP contribution in [0.1, 0.15) is 22.3 Å². The average molecular weight is 1450 g/mol. The molecule has 0 saturated carbocycles. The number of rotatable bonds is 0. The van der Waals surface area contributed by atoms with Crippen LogP contribution >= 0.6 is 0 Å². The second kappa shape index (κ2) is 26.9. The van der Waals surface area contributed by atoms with Gasteiger partial charge in [0.05, 0.1) is 65.0 Å². The van der Waals surface area contributed by atoms with E-state index >= 15 is 0 Å². The second-order valence-corrected chi connectivity index (χ2v) is 26.4. The predicted molar refractivity (Wildman–Crippen MR) is 418 cm³/mol. The van der Waals surface area contributed by atoms with Crippen molar-refractivity contribution in [3.05, 3.63) is 340 Å². The number of fused-ring (bicyclic) bond motifs is 17. The minimum absolute atomic E-state index is 0.00455. The van der Waals surface area contributed by atoms with Gasteiger partial charge in [0.1, 0.15) is 69.0 Å². The zero-order valence-electron chi connectivity index (χ0n) is 57.5. The Labute approximate surface area is 609 Å². The molecule has 532 valence electrons. The first kappa shape index (κ1) is 68.3. The number of halogens is 6. The third kappa shape index (κ3) is 12.7. The van der Waals surface area contributed by atoms with Crippen molar-refractivity contribution in [2.75, 3.05) is 13.2 Å². The normalized spacial score (nSPS) is 12.3. The maximum absolute atomic E-state index is 13.2. The van der Waals surface area contributed by atoms with Gasteiger partial charge in [-0.1, -0.05) is 139 Å². The van der Waals surface area contributed by atoms with E-state index in [9.17, 15) is 50.3 Å². The van der Waals surface area contributed by atoms with E-state index in [4.69, 9.17) is 31.6 Å². The number of aryl methyl sites for hydroxylation is 2. The van der Waals surface area contributed by atoms with E-state index < -0.39 is 23.5 Å². The van der Waals surface area contributed by atoms with Gasteiger partial charge in [0.2, 0.25) is 27.1 Å². The fraction of sp³-hybridized carbons (Fsp3) is 0.0659. The van der Waals surface area contributed by atoms with Crippen LogP contribution in [0.5, 0.6) is 11.5 Å². The Morgan fingerprint density at radius 2 is 0.541 bits per heavy atom. The van der Waals surface area contributed by atoms with Crippen LogP contribution in [0, 0.1) is 13.8 Å². The number of benzene rings is 15. The molecule has 6 heterocycles. The number of hydrogen-bond donors (Lipinski definition) is 0. The molecule has 15 aromatic carbocycles. The summed E-state index contributed by atoms with van der Waals surface area (Å²) < 4.78 is 119. The van der Waals surface area contributed by atoms with E-state index in [0.717, 1.165) is 50.2 Å². The summed E-state index contributed by atoms with van der Waals surface area (Å²) in [5, 5.41) is 11.8. The van der Waals surface area contributed by atoms with Gasteiger partial charge in [-0.05, 0) is 202 Å². The molecule has 20 aromatic rings. The molecule has 0 unspecified atom stereocenters. The molecular formula is C91H54F6O12. The Morgan fingerprint density at radius 3 is 0.972 bits per heavy atom. The molecule has 0 amide bonds. The van der Waals surface area contributed by atoms with Gasteiger partial charge >= 0.3 is 12.4 Å². The zero-order chi connectivity index (χ0) is 75.1. The lowest BCUT2D eigenvalue weighted by molar-refractivity contribution is -0.137. The lowest BCUT2D eigenvalue weighted by Gasteiger charge is -2.20. The van der Waals surface area contributed by atoms with Crippen LogP contribution in [0.25, 0.3) is 164 Å². The van der Waals surface area contributed by atoms with Crippen LogP contribution < -0.4 is 36.6 Å². The van der Waals surface area contributed by atoms with Crippen molar-refractivity contribution in [2.24, 2.45) is 0 Å². The molecule has 0 saturated heterocycles. The third-order valence-electron chi connectivity index (χ3n) is 19.4. The Balaban J connectivity index is 0.0000000997. The monoisotopic (exact) mass is 1450 g/mol. The third-order valence-corrected chi connectivity index (χ3v) is 19.4. The highest BCUT2D eigenvalue weighted by atomic mass is 19.4. The summed E-state index contributed by atoms with van der Waals surface area (Å²) in [6.45, 7) is 5.17. The van der Waals surface area contributed by atoms with Crippen molar-refractivity contribution in [2.45, 2.75) is 26.2 Å². The molecule has 21 rings (SSSR count). The molecule has 0 aliphatic carbocycles. The van der Waals surface area contributed by atoms with Crippen molar-refractivity contribution in [3.8, 4) is 11.5 Å². The van der Waals surface area contributed by atoms with E-state index in [1.54, 1.807) is 84.9 Å². The van der Waals surface area contributed by atoms with E-state index in [-0.39, 0.29) is 59.9 Å². The molecule has 0 radical (unpaired) electrons. The van der Waals surface area contributed by atoms with Crippen molar-refractivity contribution in [3.63, 3.8) is 0 Å². The van der Waals surface area contributed by atoms with Gasteiger partial charge in [0, 0.05) is 5.39 Å². The predicted octanol–water partition coefficient (Wildman–Crippen LogP) is 22.9. The Kier molecular flexibility index (Phi) is 16.9. The Bertz CT molecular complexity index is 7520. The van der Waals surface area contributed by atoms with Gasteiger partial charge in [-0.3, -0.25) is 24.0 Å². The topological polar surface area (TPSA) is 170 Å². The van der Waals surface area contributed by atoms with E-state index in [2.05, 4.69) is 37.3 Å². The number of para-hydroxylation sites is 5. The van der Waals surface area contributed by atoms with Crippen molar-refractivity contribution < 1.29 is 57.9 Å². The highest BCUT2D eigenvalue weighted by Gasteiger charge is 2.34.